The predicted molar refractivity (Wildman–Crippen MR) is 66.8 cm³/mol. The summed E-state index contributed by atoms with van der Waals surface area (Å²) in [5.74, 6) is 0.702. The molecule has 0 spiro atoms. The molecule has 18 heavy (non-hydrogen) atoms. The van der Waals surface area contributed by atoms with Crippen molar-refractivity contribution in [2.75, 3.05) is 0 Å². The first-order valence-corrected chi connectivity index (χ1v) is 5.50. The Morgan fingerprint density at radius 2 is 2.06 bits per heavy atom. The van der Waals surface area contributed by atoms with E-state index in [1.807, 2.05) is 18.2 Å². The van der Waals surface area contributed by atoms with Crippen molar-refractivity contribution >= 4 is 22.2 Å². The molecule has 0 amide bonds. The molecule has 0 aliphatic carbocycles. The van der Waals surface area contributed by atoms with Gasteiger partial charge in [-0.2, -0.15) is 0 Å². The number of hydrogen-bond acceptors (Lipinski definition) is 4. The number of hydrogen-bond donors (Lipinski definition) is 2. The lowest BCUT2D eigenvalue weighted by atomic mass is 10.3. The normalized spacial score (nSPS) is 11.3. The number of rotatable bonds is 1. The number of aromatic nitrogens is 6. The van der Waals surface area contributed by atoms with Crippen LogP contribution in [0.2, 0.25) is 0 Å². The number of aromatic amines is 2. The van der Waals surface area contributed by atoms with E-state index in [0.717, 1.165) is 22.2 Å². The monoisotopic (exact) mass is 236 g/mol. The summed E-state index contributed by atoms with van der Waals surface area (Å²) in [5, 5.41) is 0. The van der Waals surface area contributed by atoms with Crippen molar-refractivity contribution < 1.29 is 0 Å². The minimum Gasteiger partial charge on any atom is -0.343 e. The van der Waals surface area contributed by atoms with Gasteiger partial charge in [0.25, 0.3) is 0 Å². The molecule has 4 rings (SSSR count). The number of pyridine rings is 2. The lowest BCUT2D eigenvalue weighted by Gasteiger charge is -1.94. The van der Waals surface area contributed by atoms with Crippen LogP contribution in [0.3, 0.4) is 0 Å². The zero-order valence-electron chi connectivity index (χ0n) is 9.25. The largest absolute Gasteiger partial charge is 0.343 e. The molecule has 0 bridgehead atoms. The number of nitrogens with one attached hydrogen (secondary N) is 2. The zero-order valence-corrected chi connectivity index (χ0v) is 9.25. The van der Waals surface area contributed by atoms with E-state index in [0.29, 0.717) is 11.5 Å². The van der Waals surface area contributed by atoms with Crippen LogP contribution in [-0.4, -0.2) is 29.9 Å². The summed E-state index contributed by atoms with van der Waals surface area (Å²) in [6, 6.07) is 5.70. The van der Waals surface area contributed by atoms with Crippen LogP contribution in [0.5, 0.6) is 0 Å². The number of nitrogens with zero attached hydrogens (tertiary/aromatic N) is 4. The summed E-state index contributed by atoms with van der Waals surface area (Å²) >= 11 is 0. The first-order chi connectivity index (χ1) is 8.90. The maximum absolute atomic E-state index is 4.41. The van der Waals surface area contributed by atoms with Gasteiger partial charge in [0.05, 0.1) is 29.1 Å². The summed E-state index contributed by atoms with van der Waals surface area (Å²) in [6.45, 7) is 0. The third-order valence-corrected chi connectivity index (χ3v) is 2.81. The Morgan fingerprint density at radius 3 is 3.00 bits per heavy atom. The van der Waals surface area contributed by atoms with Gasteiger partial charge in [0.15, 0.2) is 11.5 Å². The second kappa shape index (κ2) is 3.36. The molecule has 4 aromatic heterocycles. The van der Waals surface area contributed by atoms with Crippen LogP contribution < -0.4 is 0 Å². The molecule has 4 heterocycles. The Labute approximate surface area is 101 Å². The molecule has 0 aliphatic heterocycles. The molecule has 0 saturated heterocycles. The average Bonchev–Trinajstić information content (AvgIpc) is 3.04. The molecule has 0 saturated carbocycles. The van der Waals surface area contributed by atoms with Crippen molar-refractivity contribution in [2.24, 2.45) is 0 Å². The van der Waals surface area contributed by atoms with E-state index >= 15 is 0 Å². The van der Waals surface area contributed by atoms with Crippen molar-refractivity contribution in [3.8, 4) is 11.5 Å². The molecule has 4 aromatic rings. The number of imidazole rings is 2. The first-order valence-electron chi connectivity index (χ1n) is 5.50. The maximum Gasteiger partial charge on any atom is 0.178 e. The highest BCUT2D eigenvalue weighted by molar-refractivity contribution is 5.80. The first kappa shape index (κ1) is 9.29. The standard InChI is InChI=1S/C12H8N6/c1-2-7-11(13-3-1)18-12(17-7)9-4-8-10(5-14-9)16-6-15-8/h1-6H,(H,15,16)(H,13,17,18). The molecule has 0 radical (unpaired) electrons. The minimum absolute atomic E-state index is 0.691. The Hall–Kier alpha value is -2.76. The topological polar surface area (TPSA) is 83.1 Å². The van der Waals surface area contributed by atoms with Crippen LogP contribution >= 0.6 is 0 Å². The molecule has 2 N–H and O–H groups in total. The molecule has 86 valence electrons. The van der Waals surface area contributed by atoms with Crippen molar-refractivity contribution in [1.82, 2.24) is 29.9 Å². The smallest absolute Gasteiger partial charge is 0.178 e. The predicted octanol–water partition coefficient (Wildman–Crippen LogP) is 1.90. The molecule has 0 fully saturated rings. The van der Waals surface area contributed by atoms with E-state index in [2.05, 4.69) is 29.9 Å². The SMILES string of the molecule is c1cnc2nc(-c3cc4nc[nH]c4cn3)[nH]c2c1. The van der Waals surface area contributed by atoms with Crippen LogP contribution in [0.25, 0.3) is 33.7 Å². The Kier molecular flexibility index (Phi) is 1.74. The van der Waals surface area contributed by atoms with Gasteiger partial charge in [-0.25, -0.2) is 15.0 Å². The highest BCUT2D eigenvalue weighted by Crippen LogP contribution is 2.19. The van der Waals surface area contributed by atoms with Crippen LogP contribution in [0, 0.1) is 0 Å². The molecule has 0 aliphatic rings. The zero-order chi connectivity index (χ0) is 11.9. The van der Waals surface area contributed by atoms with E-state index < -0.39 is 0 Å². The Balaban J connectivity index is 1.94. The van der Waals surface area contributed by atoms with Gasteiger partial charge in [-0.1, -0.05) is 0 Å². The molecule has 0 aromatic carbocycles. The fourth-order valence-electron chi connectivity index (χ4n) is 1.93. The molecule has 6 heteroatoms. The molecule has 6 nitrogen and oxygen atoms in total. The van der Waals surface area contributed by atoms with Gasteiger partial charge in [-0.15, -0.1) is 0 Å². The van der Waals surface area contributed by atoms with Crippen molar-refractivity contribution in [3.63, 3.8) is 0 Å². The van der Waals surface area contributed by atoms with Gasteiger partial charge in [-0.3, -0.25) is 4.98 Å². The third-order valence-electron chi connectivity index (χ3n) is 2.81. The Morgan fingerprint density at radius 1 is 1.06 bits per heavy atom. The van der Waals surface area contributed by atoms with Crippen LogP contribution in [0.15, 0.2) is 36.9 Å². The molecular formula is C12H8N6. The Bertz CT molecular complexity index is 811. The van der Waals surface area contributed by atoms with Gasteiger partial charge in [0.1, 0.15) is 5.69 Å². The van der Waals surface area contributed by atoms with Gasteiger partial charge >= 0.3 is 0 Å². The summed E-state index contributed by atoms with van der Waals surface area (Å²) in [6.07, 6.45) is 5.12. The fraction of sp³-hybridized carbons (Fsp3) is 0. The third kappa shape index (κ3) is 1.29. The average molecular weight is 236 g/mol. The number of H-pyrrole nitrogens is 2. The van der Waals surface area contributed by atoms with Gasteiger partial charge in [0.2, 0.25) is 0 Å². The lowest BCUT2D eigenvalue weighted by Crippen LogP contribution is -1.85. The lowest BCUT2D eigenvalue weighted by molar-refractivity contribution is 1.24. The summed E-state index contributed by atoms with van der Waals surface area (Å²) in [7, 11) is 0. The van der Waals surface area contributed by atoms with Crippen LogP contribution in [0.4, 0.5) is 0 Å². The second-order valence-electron chi connectivity index (χ2n) is 3.95. The quantitative estimate of drug-likeness (QED) is 0.528. The van der Waals surface area contributed by atoms with Gasteiger partial charge in [0, 0.05) is 6.20 Å². The molecule has 0 atom stereocenters. The molecule has 0 unspecified atom stereocenters. The van der Waals surface area contributed by atoms with Crippen LogP contribution in [0.1, 0.15) is 0 Å². The van der Waals surface area contributed by atoms with E-state index in [1.165, 1.54) is 0 Å². The van der Waals surface area contributed by atoms with E-state index in [-0.39, 0.29) is 0 Å². The highest BCUT2D eigenvalue weighted by Gasteiger charge is 2.08. The number of fused-ring (bicyclic) bond motifs is 2. The van der Waals surface area contributed by atoms with E-state index in [4.69, 9.17) is 0 Å². The minimum atomic E-state index is 0.691. The molecular weight excluding hydrogens is 228 g/mol. The van der Waals surface area contributed by atoms with Crippen molar-refractivity contribution in [1.29, 1.82) is 0 Å². The van der Waals surface area contributed by atoms with Crippen molar-refractivity contribution in [3.05, 3.63) is 36.9 Å². The highest BCUT2D eigenvalue weighted by atomic mass is 15.0. The second-order valence-corrected chi connectivity index (χ2v) is 3.95. The fourth-order valence-corrected chi connectivity index (χ4v) is 1.93. The summed E-state index contributed by atoms with van der Waals surface area (Å²) < 4.78 is 0. The van der Waals surface area contributed by atoms with E-state index in [9.17, 15) is 0 Å². The van der Waals surface area contributed by atoms with Crippen molar-refractivity contribution in [2.45, 2.75) is 0 Å². The van der Waals surface area contributed by atoms with Gasteiger partial charge < -0.3 is 9.97 Å². The summed E-state index contributed by atoms with van der Waals surface area (Å²) in [5.41, 5.74) is 4.13. The van der Waals surface area contributed by atoms with Gasteiger partial charge in [-0.05, 0) is 18.2 Å². The van der Waals surface area contributed by atoms with E-state index in [1.54, 1.807) is 18.7 Å². The van der Waals surface area contributed by atoms with Crippen LogP contribution in [-0.2, 0) is 0 Å². The maximum atomic E-state index is 4.41. The summed E-state index contributed by atoms with van der Waals surface area (Å²) in [4.78, 5) is 23.4.